The molecule has 10 rings (SSSR count). The van der Waals surface area contributed by atoms with Gasteiger partial charge >= 0.3 is 0 Å². The fourth-order valence-corrected chi connectivity index (χ4v) is 12.0. The van der Waals surface area contributed by atoms with Crippen LogP contribution in [0.25, 0.3) is 0 Å². The lowest BCUT2D eigenvalue weighted by Crippen LogP contribution is -2.70. The Morgan fingerprint density at radius 1 is 0.974 bits per heavy atom. The lowest BCUT2D eigenvalue weighted by Gasteiger charge is -2.42. The summed E-state index contributed by atoms with van der Waals surface area (Å²) in [4.78, 5) is 57.3. The molecule has 414 valence electrons. The number of fused-ring (bicyclic) bond motifs is 6. The maximum atomic E-state index is 15.2. The van der Waals surface area contributed by atoms with Gasteiger partial charge in [-0.05, 0) is 79.0 Å². The van der Waals surface area contributed by atoms with Gasteiger partial charge in [0.2, 0.25) is 12.2 Å². The Morgan fingerprint density at radius 3 is 2.58 bits per heavy atom. The normalized spacial score (nSPS) is 28.7. The number of dihydropyridines is 1. The second kappa shape index (κ2) is 24.0. The number of aliphatic hydroxyl groups is 5. The van der Waals surface area contributed by atoms with Crippen LogP contribution in [0.2, 0.25) is 0 Å². The number of ether oxygens (including phenoxy) is 5. The Balaban J connectivity index is 1.13. The minimum atomic E-state index is -1.63. The van der Waals surface area contributed by atoms with Crippen molar-refractivity contribution in [2.24, 2.45) is 17.4 Å². The van der Waals surface area contributed by atoms with E-state index in [0.29, 0.717) is 60.9 Å². The molecule has 2 bridgehead atoms. The molecule has 5 aliphatic heterocycles. The molecule has 0 spiro atoms. The molecule has 2 aliphatic carbocycles. The average molecular weight is 1070 g/mol. The number of anilines is 1. The van der Waals surface area contributed by atoms with E-state index < -0.39 is 91.9 Å². The molecule has 22 heteroatoms. The van der Waals surface area contributed by atoms with E-state index in [1.807, 2.05) is 35.2 Å². The van der Waals surface area contributed by atoms with Crippen molar-refractivity contribution >= 4 is 29.4 Å². The number of nitrogens with one attached hydrogen (secondary N) is 5. The Kier molecular flexibility index (Phi) is 17.0. The molecule has 11 atom stereocenters. The van der Waals surface area contributed by atoms with Crippen LogP contribution in [-0.4, -0.2) is 163 Å². The molecule has 77 heavy (non-hydrogen) atoms. The van der Waals surface area contributed by atoms with Gasteiger partial charge in [-0.1, -0.05) is 43.2 Å². The van der Waals surface area contributed by atoms with E-state index in [9.17, 15) is 35.1 Å². The first-order valence-corrected chi connectivity index (χ1v) is 26.7. The van der Waals surface area contributed by atoms with Gasteiger partial charge < -0.3 is 80.6 Å². The Hall–Kier alpha value is -5.86. The molecule has 3 aromatic carbocycles. The van der Waals surface area contributed by atoms with Crippen LogP contribution in [0.1, 0.15) is 106 Å². The molecule has 5 heterocycles. The Labute approximate surface area is 445 Å². The largest absolute Gasteiger partial charge is 0.486 e. The number of nitrogens with two attached hydrogens (primary N) is 2. The summed E-state index contributed by atoms with van der Waals surface area (Å²) in [5.41, 5.74) is 16.3. The van der Waals surface area contributed by atoms with Gasteiger partial charge in [-0.2, -0.15) is 0 Å². The first kappa shape index (κ1) is 54.5. The highest BCUT2D eigenvalue weighted by Gasteiger charge is 2.50. The van der Waals surface area contributed by atoms with Crippen molar-refractivity contribution in [2.45, 2.75) is 125 Å². The number of rotatable bonds is 18. The zero-order valence-electron chi connectivity index (χ0n) is 42.7. The summed E-state index contributed by atoms with van der Waals surface area (Å²) in [6.45, 7) is -0.239. The van der Waals surface area contributed by atoms with Gasteiger partial charge in [0.25, 0.3) is 0 Å². The molecule has 4 fully saturated rings. The fraction of sp³-hybridized carbons (Fsp3) is 0.527. The van der Waals surface area contributed by atoms with Gasteiger partial charge in [0.1, 0.15) is 61.6 Å². The summed E-state index contributed by atoms with van der Waals surface area (Å²) in [7, 11) is 0. The van der Waals surface area contributed by atoms with E-state index in [1.54, 1.807) is 12.1 Å². The van der Waals surface area contributed by atoms with Crippen LogP contribution >= 0.6 is 0 Å². The van der Waals surface area contributed by atoms with Crippen LogP contribution < -0.4 is 52.4 Å². The number of ketones is 2. The molecule has 1 amide bonds. The van der Waals surface area contributed by atoms with Crippen molar-refractivity contribution in [1.82, 2.24) is 26.6 Å². The van der Waals surface area contributed by atoms with Gasteiger partial charge in [0.05, 0.1) is 44.8 Å². The molecule has 3 aromatic rings. The Bertz CT molecular complexity index is 2750. The third-order valence-corrected chi connectivity index (χ3v) is 15.9. The molecule has 0 radical (unpaired) electrons. The first-order valence-electron chi connectivity index (χ1n) is 26.7. The first-order chi connectivity index (χ1) is 37.4. The maximum Gasteiger partial charge on any atom is 0.242 e. The number of benzene rings is 3. The minimum absolute atomic E-state index is 0.00110. The Morgan fingerprint density at radius 2 is 1.79 bits per heavy atom. The SMILES string of the molecule is NC1=C(CNC2CCCC2)C(CCO[C@@H]2[C@H]3Oc4c(cc5c(c4OC[C@H](O)CC=O)C(=O)c4cc(CO)ccc4C5=O)[C@H](c4ccccc4N4CN[C@H]5C(=O)N[C@@H](N)N[C@@H]54)[C@@H](CCCO)COC[C@H](O3)[C@H](O)[C@H]2O)=CCN1. The van der Waals surface area contributed by atoms with E-state index in [1.165, 1.54) is 12.1 Å². The van der Waals surface area contributed by atoms with Gasteiger partial charge in [-0.25, -0.2) is 0 Å². The summed E-state index contributed by atoms with van der Waals surface area (Å²) in [5.74, 6) is -2.88. The lowest BCUT2D eigenvalue weighted by atomic mass is 9.74. The van der Waals surface area contributed by atoms with Gasteiger partial charge in [-0.3, -0.25) is 30.8 Å². The van der Waals surface area contributed by atoms with E-state index in [-0.39, 0.29) is 91.2 Å². The topological polar surface area (TPSA) is 331 Å². The predicted octanol–water partition coefficient (Wildman–Crippen LogP) is -0.310. The van der Waals surface area contributed by atoms with Crippen molar-refractivity contribution in [3.8, 4) is 11.5 Å². The number of amides is 1. The second-order valence-corrected chi connectivity index (χ2v) is 20.8. The molecular weight excluding hydrogens is 997 g/mol. The summed E-state index contributed by atoms with van der Waals surface area (Å²) in [5, 5.41) is 71.8. The van der Waals surface area contributed by atoms with Crippen molar-refractivity contribution < 1.29 is 68.4 Å². The number of aldehydes is 1. The summed E-state index contributed by atoms with van der Waals surface area (Å²) >= 11 is 0. The molecule has 7 aliphatic rings. The monoisotopic (exact) mass is 1070 g/mol. The number of carbonyl (C=O) groups excluding carboxylic acids is 4. The van der Waals surface area contributed by atoms with Gasteiger partial charge in [-0.15, -0.1) is 0 Å². The van der Waals surface area contributed by atoms with Gasteiger partial charge in [0.15, 0.2) is 23.1 Å². The van der Waals surface area contributed by atoms with Crippen LogP contribution in [0.5, 0.6) is 11.5 Å². The maximum absolute atomic E-state index is 15.2. The quantitative estimate of drug-likeness (QED) is 0.0569. The number of aliphatic hydroxyl groups excluding tert-OH is 5. The third kappa shape index (κ3) is 11.1. The van der Waals surface area contributed by atoms with Crippen molar-refractivity contribution in [3.05, 3.63) is 111 Å². The number of hydrogen-bond acceptors (Lipinski definition) is 21. The van der Waals surface area contributed by atoms with Crippen molar-refractivity contribution in [1.29, 1.82) is 0 Å². The van der Waals surface area contributed by atoms with Crippen LogP contribution in [0, 0.1) is 5.92 Å². The number of carbonyl (C=O) groups is 4. The standard InChI is InChI=1S/C55H70N8O14/c56-51-38(22-59-31-7-1-2-8-31)29(13-16-58-51)15-19-74-50-47(71)46(70)40-26-73-24-30(6-5-17-64)41(34-9-3-4-10-39(34)63-27-60-43-52(63)61-55(57)62-53(43)72)37-21-36-42(45(69)35-20-28(23-66)11-12-33(35)44(36)68)49(48(37)77-54(50)76-40)75-25-32(67)14-18-65/h3-4,9-13,18,20-21,30-32,40-41,43,46-47,50,52,54-55,58-61,64,66-67,70-71H,1-2,5-8,14-17,19,22-27,56-57H2,(H,62,72)/t30-,32+,40-,41-,43+,46-,47+,50-,52+,54+,55-/m0/s1. The molecule has 3 saturated heterocycles. The lowest BCUT2D eigenvalue weighted by molar-refractivity contribution is -0.289. The van der Waals surface area contributed by atoms with Crippen molar-refractivity contribution in [2.75, 3.05) is 57.7 Å². The average Bonchev–Trinajstić information content (AvgIpc) is 4.13. The number of nitrogens with zero attached hydrogens (tertiary/aromatic N) is 1. The summed E-state index contributed by atoms with van der Waals surface area (Å²) in [6, 6.07) is 13.2. The van der Waals surface area contributed by atoms with E-state index in [4.69, 9.17) is 35.2 Å². The molecule has 0 unspecified atom stereocenters. The highest BCUT2D eigenvalue weighted by molar-refractivity contribution is 6.29. The smallest absolute Gasteiger partial charge is 0.242 e. The zero-order chi connectivity index (χ0) is 53.9. The van der Waals surface area contributed by atoms with E-state index in [2.05, 4.69) is 26.6 Å². The van der Waals surface area contributed by atoms with Crippen LogP contribution in [-0.2, 0) is 30.4 Å². The predicted molar refractivity (Wildman–Crippen MR) is 277 cm³/mol. The van der Waals surface area contributed by atoms with Crippen LogP contribution in [0.3, 0.4) is 0 Å². The molecule has 22 nitrogen and oxygen atoms in total. The highest BCUT2D eigenvalue weighted by Crippen LogP contribution is 2.52. The molecule has 0 aromatic heterocycles. The van der Waals surface area contributed by atoms with Gasteiger partial charge in [0, 0.05) is 71.6 Å². The third-order valence-electron chi connectivity index (χ3n) is 15.9. The van der Waals surface area contributed by atoms with E-state index in [0.717, 1.165) is 36.8 Å². The van der Waals surface area contributed by atoms with Crippen LogP contribution in [0.4, 0.5) is 5.69 Å². The fourth-order valence-electron chi connectivity index (χ4n) is 12.0. The van der Waals surface area contributed by atoms with Crippen molar-refractivity contribution in [3.63, 3.8) is 0 Å². The highest BCUT2D eigenvalue weighted by atomic mass is 16.7. The second-order valence-electron chi connectivity index (χ2n) is 20.8. The van der Waals surface area contributed by atoms with Crippen LogP contribution in [0.15, 0.2) is 71.6 Å². The molecule has 1 saturated carbocycles. The summed E-state index contributed by atoms with van der Waals surface area (Å²) < 4.78 is 33.3. The molecular formula is C55H70N8O14. The minimum Gasteiger partial charge on any atom is -0.486 e. The summed E-state index contributed by atoms with van der Waals surface area (Å²) in [6.07, 6.45) is -2.63. The zero-order valence-corrected chi connectivity index (χ0v) is 42.7. The van der Waals surface area contributed by atoms with E-state index >= 15 is 9.59 Å². The molecule has 14 N–H and O–H groups in total. The number of para-hydroxylation sites is 1. The number of hydrogen-bond donors (Lipinski definition) is 12.